The van der Waals surface area contributed by atoms with Gasteiger partial charge in [0.05, 0.1) is 10.6 Å². The third kappa shape index (κ3) is 3.13. The fourth-order valence-corrected chi connectivity index (χ4v) is 4.81. The molecule has 6 rings (SSSR count). The Morgan fingerprint density at radius 1 is 0.829 bits per heavy atom. The van der Waals surface area contributed by atoms with Gasteiger partial charge in [-0.2, -0.15) is 0 Å². The maximum absolute atomic E-state index is 14.3. The molecule has 0 N–H and O–H groups in total. The Morgan fingerprint density at radius 2 is 1.46 bits per heavy atom. The largest absolute Gasteiger partial charge is 0.453 e. The number of amides is 1. The standard InChI is InChI=1S/C28H19N3O4/c32-27-28(23-13-7-8-14-24(23)30(27)21-11-5-2-6-12-21)25(19-15-17-22(18-16-19)31(33)34)29-26(35-28)20-9-3-1-4-10-20/h1-18,25H/t25-,28-/m1/s1. The fourth-order valence-electron chi connectivity index (χ4n) is 4.81. The molecular formula is C28H19N3O4. The van der Waals surface area contributed by atoms with Gasteiger partial charge in [0.1, 0.15) is 6.04 Å². The Bertz CT molecular complexity index is 1470. The molecule has 0 saturated carbocycles. The van der Waals surface area contributed by atoms with Crippen molar-refractivity contribution in [1.29, 1.82) is 0 Å². The van der Waals surface area contributed by atoms with E-state index in [2.05, 4.69) is 0 Å². The number of aliphatic imine (C=N–C) groups is 1. The van der Waals surface area contributed by atoms with Gasteiger partial charge >= 0.3 is 0 Å². The van der Waals surface area contributed by atoms with E-state index in [1.54, 1.807) is 17.0 Å². The minimum absolute atomic E-state index is 0.0296. The number of nitro groups is 1. The van der Waals surface area contributed by atoms with Gasteiger partial charge in [0.2, 0.25) is 11.5 Å². The summed E-state index contributed by atoms with van der Waals surface area (Å²) >= 11 is 0. The van der Waals surface area contributed by atoms with Crippen LogP contribution in [-0.2, 0) is 15.1 Å². The monoisotopic (exact) mass is 461 g/mol. The number of rotatable bonds is 4. The molecule has 0 bridgehead atoms. The Balaban J connectivity index is 1.56. The predicted octanol–water partition coefficient (Wildman–Crippen LogP) is 5.69. The van der Waals surface area contributed by atoms with Crippen molar-refractivity contribution in [1.82, 2.24) is 0 Å². The molecule has 35 heavy (non-hydrogen) atoms. The number of hydrogen-bond donors (Lipinski definition) is 0. The third-order valence-electron chi connectivity index (χ3n) is 6.41. The van der Waals surface area contributed by atoms with Crippen LogP contribution in [0.25, 0.3) is 0 Å². The number of para-hydroxylation sites is 2. The van der Waals surface area contributed by atoms with Gasteiger partial charge in [-0.15, -0.1) is 0 Å². The number of ether oxygens (including phenoxy) is 1. The zero-order chi connectivity index (χ0) is 24.0. The maximum atomic E-state index is 14.3. The molecule has 7 nitrogen and oxygen atoms in total. The van der Waals surface area contributed by atoms with Crippen LogP contribution in [-0.4, -0.2) is 16.7 Å². The van der Waals surface area contributed by atoms with Crippen LogP contribution in [0, 0.1) is 10.1 Å². The van der Waals surface area contributed by atoms with Crippen molar-refractivity contribution in [3.05, 3.63) is 136 Å². The Morgan fingerprint density at radius 3 is 2.14 bits per heavy atom. The number of fused-ring (bicyclic) bond motifs is 2. The topological polar surface area (TPSA) is 85.0 Å². The Kier molecular flexibility index (Phi) is 4.70. The minimum atomic E-state index is -1.45. The number of benzene rings is 4. The number of anilines is 2. The number of non-ortho nitro benzene ring substituents is 1. The molecule has 0 unspecified atom stereocenters. The van der Waals surface area contributed by atoms with Crippen LogP contribution in [0.15, 0.2) is 114 Å². The van der Waals surface area contributed by atoms with Gasteiger partial charge in [-0.25, -0.2) is 4.99 Å². The molecule has 1 amide bonds. The van der Waals surface area contributed by atoms with Gasteiger partial charge in [-0.1, -0.05) is 54.6 Å². The van der Waals surface area contributed by atoms with E-state index in [9.17, 15) is 14.9 Å². The first-order valence-electron chi connectivity index (χ1n) is 11.2. The highest BCUT2D eigenvalue weighted by atomic mass is 16.6. The number of nitro benzene ring substituents is 1. The lowest BCUT2D eigenvalue weighted by Crippen LogP contribution is -2.43. The van der Waals surface area contributed by atoms with Crippen molar-refractivity contribution in [3.63, 3.8) is 0 Å². The molecule has 2 heterocycles. The normalized spacial score (nSPS) is 20.5. The number of carbonyl (C=O) groups is 1. The second-order valence-electron chi connectivity index (χ2n) is 8.38. The molecule has 0 aromatic heterocycles. The average Bonchev–Trinajstić information content (AvgIpc) is 3.42. The van der Waals surface area contributed by atoms with Crippen LogP contribution in [0.4, 0.5) is 17.1 Å². The molecule has 7 heteroatoms. The molecule has 0 aliphatic carbocycles. The van der Waals surface area contributed by atoms with Crippen LogP contribution in [0.1, 0.15) is 22.7 Å². The van der Waals surface area contributed by atoms with Gasteiger partial charge in [0.25, 0.3) is 11.6 Å². The van der Waals surface area contributed by atoms with Crippen molar-refractivity contribution in [2.45, 2.75) is 11.6 Å². The molecule has 2 aliphatic rings. The van der Waals surface area contributed by atoms with Crippen molar-refractivity contribution < 1.29 is 14.5 Å². The van der Waals surface area contributed by atoms with Gasteiger partial charge in [-0.05, 0) is 48.0 Å². The molecule has 2 aliphatic heterocycles. The van der Waals surface area contributed by atoms with Crippen molar-refractivity contribution in [2.24, 2.45) is 4.99 Å². The van der Waals surface area contributed by atoms with E-state index in [0.29, 0.717) is 17.0 Å². The van der Waals surface area contributed by atoms with E-state index in [1.807, 2.05) is 84.9 Å². The minimum Gasteiger partial charge on any atom is -0.453 e. The number of hydrogen-bond acceptors (Lipinski definition) is 5. The molecular weight excluding hydrogens is 442 g/mol. The summed E-state index contributed by atoms with van der Waals surface area (Å²) in [7, 11) is 0. The highest BCUT2D eigenvalue weighted by Gasteiger charge is 2.62. The van der Waals surface area contributed by atoms with E-state index >= 15 is 0 Å². The van der Waals surface area contributed by atoms with Crippen LogP contribution in [0.5, 0.6) is 0 Å². The molecule has 1 spiro atoms. The predicted molar refractivity (Wildman–Crippen MR) is 132 cm³/mol. The highest BCUT2D eigenvalue weighted by molar-refractivity contribution is 6.15. The Hall–Kier alpha value is -4.78. The van der Waals surface area contributed by atoms with Gasteiger partial charge in [0, 0.05) is 28.9 Å². The van der Waals surface area contributed by atoms with Crippen molar-refractivity contribution in [3.8, 4) is 0 Å². The molecule has 0 saturated heterocycles. The van der Waals surface area contributed by atoms with Crippen molar-refractivity contribution in [2.75, 3.05) is 4.90 Å². The maximum Gasteiger partial charge on any atom is 0.283 e. The average molecular weight is 461 g/mol. The van der Waals surface area contributed by atoms with E-state index in [1.165, 1.54) is 12.1 Å². The lowest BCUT2D eigenvalue weighted by molar-refractivity contribution is -0.384. The molecule has 0 fully saturated rings. The van der Waals surface area contributed by atoms with E-state index in [0.717, 1.165) is 16.9 Å². The second kappa shape index (κ2) is 7.92. The summed E-state index contributed by atoms with van der Waals surface area (Å²) in [5, 5.41) is 11.2. The summed E-state index contributed by atoms with van der Waals surface area (Å²) in [4.78, 5) is 31.7. The Labute approximate surface area is 201 Å². The molecule has 4 aromatic rings. The summed E-state index contributed by atoms with van der Waals surface area (Å²) in [5.41, 5.74) is 2.07. The summed E-state index contributed by atoms with van der Waals surface area (Å²) in [5.74, 6) is 0.0925. The first-order chi connectivity index (χ1) is 17.1. The SMILES string of the molecule is O=C1N(c2ccccc2)c2ccccc2[C@]12OC(c1ccccc1)=N[C@@H]2c1ccc([N+](=O)[O-])cc1. The second-order valence-corrected chi connectivity index (χ2v) is 8.38. The van der Waals surface area contributed by atoms with E-state index in [-0.39, 0.29) is 11.6 Å². The lowest BCUT2D eigenvalue weighted by Gasteiger charge is -2.29. The van der Waals surface area contributed by atoms with E-state index < -0.39 is 16.6 Å². The summed E-state index contributed by atoms with van der Waals surface area (Å²) in [6.45, 7) is 0. The molecule has 0 radical (unpaired) electrons. The molecule has 4 aromatic carbocycles. The van der Waals surface area contributed by atoms with E-state index in [4.69, 9.17) is 9.73 Å². The van der Waals surface area contributed by atoms with Gasteiger partial charge in [0.15, 0.2) is 0 Å². The van der Waals surface area contributed by atoms with Crippen LogP contribution in [0.2, 0.25) is 0 Å². The first-order valence-corrected chi connectivity index (χ1v) is 11.2. The molecule has 170 valence electrons. The zero-order valence-electron chi connectivity index (χ0n) is 18.4. The summed E-state index contributed by atoms with van der Waals surface area (Å²) in [6.07, 6.45) is 0. The van der Waals surface area contributed by atoms with Crippen LogP contribution < -0.4 is 4.90 Å². The summed E-state index contributed by atoms with van der Waals surface area (Å²) in [6, 6.07) is 31.8. The van der Waals surface area contributed by atoms with Crippen LogP contribution >= 0.6 is 0 Å². The summed E-state index contributed by atoms with van der Waals surface area (Å²) < 4.78 is 6.56. The van der Waals surface area contributed by atoms with Crippen LogP contribution in [0.3, 0.4) is 0 Å². The highest BCUT2D eigenvalue weighted by Crippen LogP contribution is 2.56. The quantitative estimate of drug-likeness (QED) is 0.289. The molecule has 2 atom stereocenters. The smallest absolute Gasteiger partial charge is 0.283 e. The first kappa shape index (κ1) is 20.8. The van der Waals surface area contributed by atoms with Gasteiger partial charge in [-0.3, -0.25) is 19.8 Å². The zero-order valence-corrected chi connectivity index (χ0v) is 18.4. The van der Waals surface area contributed by atoms with Crippen molar-refractivity contribution >= 4 is 28.9 Å². The fraction of sp³-hybridized carbons (Fsp3) is 0.0714. The number of carbonyl (C=O) groups excluding carboxylic acids is 1. The number of nitrogens with zero attached hydrogens (tertiary/aromatic N) is 3. The third-order valence-corrected chi connectivity index (χ3v) is 6.41. The van der Waals surface area contributed by atoms with Gasteiger partial charge < -0.3 is 4.74 Å². The lowest BCUT2D eigenvalue weighted by atomic mass is 9.84.